The van der Waals surface area contributed by atoms with E-state index in [1.165, 1.54) is 16.0 Å². The molecule has 0 aliphatic heterocycles. The summed E-state index contributed by atoms with van der Waals surface area (Å²) in [7, 11) is 1.99. The Bertz CT molecular complexity index is 464. The van der Waals surface area contributed by atoms with E-state index in [9.17, 15) is 0 Å². The van der Waals surface area contributed by atoms with Crippen LogP contribution in [0.4, 0.5) is 0 Å². The molecular weight excluding hydrogens is 282 g/mol. The molecule has 3 heteroatoms. The number of rotatable bonds is 4. The summed E-state index contributed by atoms with van der Waals surface area (Å²) >= 11 is 5.32. The first-order valence-electron chi connectivity index (χ1n) is 5.27. The number of halogens is 1. The number of likely N-dealkylation sites (N-methyl/N-ethyl adjacent to an activating group) is 1. The van der Waals surface area contributed by atoms with E-state index in [1.54, 1.807) is 0 Å². The van der Waals surface area contributed by atoms with E-state index in [1.807, 2.05) is 18.4 Å². The second-order valence-electron chi connectivity index (χ2n) is 3.68. The minimum absolute atomic E-state index is 1.04. The van der Waals surface area contributed by atoms with Gasteiger partial charge >= 0.3 is 0 Å². The zero-order chi connectivity index (χ0) is 11.4. The first-order valence-corrected chi connectivity index (χ1v) is 6.95. The normalized spacial score (nSPS) is 10.6. The third kappa shape index (κ3) is 2.94. The van der Waals surface area contributed by atoms with Crippen molar-refractivity contribution >= 4 is 27.3 Å². The molecule has 0 saturated heterocycles. The van der Waals surface area contributed by atoms with Crippen LogP contribution >= 0.6 is 27.3 Å². The van der Waals surface area contributed by atoms with Gasteiger partial charge in [0.15, 0.2) is 0 Å². The molecule has 1 aromatic carbocycles. The highest BCUT2D eigenvalue weighted by atomic mass is 79.9. The molecule has 0 atom stereocenters. The average Bonchev–Trinajstić information content (AvgIpc) is 2.75. The van der Waals surface area contributed by atoms with Crippen molar-refractivity contribution in [1.29, 1.82) is 0 Å². The lowest BCUT2D eigenvalue weighted by Crippen LogP contribution is -2.09. The highest BCUT2D eigenvalue weighted by molar-refractivity contribution is 9.10. The Labute approximate surface area is 109 Å². The van der Waals surface area contributed by atoms with E-state index < -0.39 is 0 Å². The summed E-state index contributed by atoms with van der Waals surface area (Å²) in [5.41, 5.74) is 2.70. The van der Waals surface area contributed by atoms with Crippen LogP contribution in [0.25, 0.3) is 10.4 Å². The predicted molar refractivity (Wildman–Crippen MR) is 75.1 cm³/mol. The average molecular weight is 296 g/mol. The molecule has 1 nitrogen and oxygen atoms in total. The molecule has 84 valence electrons. The Morgan fingerprint density at radius 2 is 2.19 bits per heavy atom. The SMILES string of the molecule is CNCCc1csc(-c2cccc(Br)c2)c1. The minimum atomic E-state index is 1.04. The molecule has 0 fully saturated rings. The first-order chi connectivity index (χ1) is 7.79. The molecule has 0 amide bonds. The molecule has 1 aromatic heterocycles. The van der Waals surface area contributed by atoms with Gasteiger partial charge in [-0.15, -0.1) is 11.3 Å². The summed E-state index contributed by atoms with van der Waals surface area (Å²) in [6.07, 6.45) is 1.10. The Morgan fingerprint density at radius 1 is 1.31 bits per heavy atom. The van der Waals surface area contributed by atoms with Gasteiger partial charge in [-0.3, -0.25) is 0 Å². The van der Waals surface area contributed by atoms with Gasteiger partial charge in [0.1, 0.15) is 0 Å². The number of nitrogens with one attached hydrogen (secondary N) is 1. The van der Waals surface area contributed by atoms with Crippen molar-refractivity contribution in [1.82, 2.24) is 5.32 Å². The van der Waals surface area contributed by atoms with Crippen molar-refractivity contribution in [3.05, 3.63) is 45.7 Å². The maximum atomic E-state index is 3.50. The maximum Gasteiger partial charge on any atom is 0.0345 e. The van der Waals surface area contributed by atoms with Crippen LogP contribution in [-0.4, -0.2) is 13.6 Å². The lowest BCUT2D eigenvalue weighted by atomic mass is 10.1. The first kappa shape index (κ1) is 11.8. The lowest BCUT2D eigenvalue weighted by Gasteiger charge is -1.98. The van der Waals surface area contributed by atoms with Gasteiger partial charge in [0.2, 0.25) is 0 Å². The van der Waals surface area contributed by atoms with Crippen LogP contribution in [0.1, 0.15) is 5.56 Å². The van der Waals surface area contributed by atoms with Crippen LogP contribution in [0.5, 0.6) is 0 Å². The number of thiophene rings is 1. The Morgan fingerprint density at radius 3 is 2.94 bits per heavy atom. The standard InChI is InChI=1S/C13H14BrNS/c1-15-6-5-10-7-13(16-9-10)11-3-2-4-12(14)8-11/h2-4,7-9,15H,5-6H2,1H3. The number of benzene rings is 1. The van der Waals surface area contributed by atoms with Gasteiger partial charge in [0.25, 0.3) is 0 Å². The largest absolute Gasteiger partial charge is 0.319 e. The number of hydrogen-bond donors (Lipinski definition) is 1. The van der Waals surface area contributed by atoms with E-state index in [0.717, 1.165) is 17.4 Å². The van der Waals surface area contributed by atoms with Gasteiger partial charge in [-0.2, -0.15) is 0 Å². The van der Waals surface area contributed by atoms with E-state index >= 15 is 0 Å². The lowest BCUT2D eigenvalue weighted by molar-refractivity contribution is 0.793. The summed E-state index contributed by atoms with van der Waals surface area (Å²) in [6, 6.07) is 10.7. The van der Waals surface area contributed by atoms with Gasteiger partial charge in [-0.25, -0.2) is 0 Å². The van der Waals surface area contributed by atoms with Crippen LogP contribution in [-0.2, 0) is 6.42 Å². The monoisotopic (exact) mass is 295 g/mol. The molecule has 1 N–H and O–H groups in total. The van der Waals surface area contributed by atoms with E-state index in [4.69, 9.17) is 0 Å². The zero-order valence-electron chi connectivity index (χ0n) is 9.16. The fourth-order valence-electron chi connectivity index (χ4n) is 1.57. The smallest absolute Gasteiger partial charge is 0.0345 e. The fraction of sp³-hybridized carbons (Fsp3) is 0.231. The Balaban J connectivity index is 2.18. The third-order valence-electron chi connectivity index (χ3n) is 2.43. The summed E-state index contributed by atoms with van der Waals surface area (Å²) < 4.78 is 1.13. The van der Waals surface area contributed by atoms with Crippen LogP contribution in [0.15, 0.2) is 40.2 Å². The highest BCUT2D eigenvalue weighted by Crippen LogP contribution is 2.29. The molecular formula is C13H14BrNS. The number of hydrogen-bond acceptors (Lipinski definition) is 2. The second-order valence-corrected chi connectivity index (χ2v) is 5.51. The molecule has 0 unspecified atom stereocenters. The summed E-state index contributed by atoms with van der Waals surface area (Å²) in [5, 5.41) is 5.42. The van der Waals surface area contributed by atoms with Gasteiger partial charge in [-0.05, 0) is 54.7 Å². The molecule has 16 heavy (non-hydrogen) atoms. The highest BCUT2D eigenvalue weighted by Gasteiger charge is 2.02. The van der Waals surface area contributed by atoms with Crippen LogP contribution in [0.3, 0.4) is 0 Å². The van der Waals surface area contributed by atoms with Crippen molar-refractivity contribution in [2.75, 3.05) is 13.6 Å². The van der Waals surface area contributed by atoms with Gasteiger partial charge < -0.3 is 5.32 Å². The molecule has 0 aliphatic carbocycles. The minimum Gasteiger partial charge on any atom is -0.319 e. The zero-order valence-corrected chi connectivity index (χ0v) is 11.6. The van der Waals surface area contributed by atoms with Crippen molar-refractivity contribution in [2.24, 2.45) is 0 Å². The van der Waals surface area contributed by atoms with Gasteiger partial charge in [0.05, 0.1) is 0 Å². The molecule has 1 heterocycles. The van der Waals surface area contributed by atoms with Crippen molar-refractivity contribution < 1.29 is 0 Å². The van der Waals surface area contributed by atoms with Gasteiger partial charge in [-0.1, -0.05) is 28.1 Å². The topological polar surface area (TPSA) is 12.0 Å². The Hall–Kier alpha value is -0.640. The van der Waals surface area contributed by atoms with E-state index in [-0.39, 0.29) is 0 Å². The quantitative estimate of drug-likeness (QED) is 0.901. The summed E-state index contributed by atoms with van der Waals surface area (Å²) in [6.45, 7) is 1.04. The maximum absolute atomic E-state index is 3.50. The third-order valence-corrected chi connectivity index (χ3v) is 3.95. The molecule has 0 saturated carbocycles. The van der Waals surface area contributed by atoms with Crippen molar-refractivity contribution in [3.63, 3.8) is 0 Å². The van der Waals surface area contributed by atoms with Crippen molar-refractivity contribution in [2.45, 2.75) is 6.42 Å². The summed E-state index contributed by atoms with van der Waals surface area (Å²) in [4.78, 5) is 1.34. The van der Waals surface area contributed by atoms with E-state index in [2.05, 4.69) is 57.0 Å². The fourth-order valence-corrected chi connectivity index (χ4v) is 2.92. The Kier molecular flexibility index (Phi) is 4.16. The van der Waals surface area contributed by atoms with E-state index in [0.29, 0.717) is 0 Å². The van der Waals surface area contributed by atoms with Gasteiger partial charge in [0, 0.05) is 9.35 Å². The molecule has 0 bridgehead atoms. The van der Waals surface area contributed by atoms with Crippen molar-refractivity contribution in [3.8, 4) is 10.4 Å². The molecule has 2 rings (SSSR count). The molecule has 0 radical (unpaired) electrons. The molecule has 2 aromatic rings. The van der Waals surface area contributed by atoms with Crippen LogP contribution in [0, 0.1) is 0 Å². The second kappa shape index (κ2) is 5.62. The van der Waals surface area contributed by atoms with Crippen LogP contribution < -0.4 is 5.32 Å². The molecule has 0 aliphatic rings. The predicted octanol–water partition coefficient (Wildman–Crippen LogP) is 3.94. The molecule has 0 spiro atoms. The van der Waals surface area contributed by atoms with Crippen LogP contribution in [0.2, 0.25) is 0 Å². The summed E-state index contributed by atoms with van der Waals surface area (Å²) in [5.74, 6) is 0.